The van der Waals surface area contributed by atoms with Crippen molar-refractivity contribution in [3.8, 4) is 0 Å². The molecule has 1 aliphatic heterocycles. The van der Waals surface area contributed by atoms with Crippen LogP contribution in [0.15, 0.2) is 57.5 Å². The molecule has 1 aromatic rings. The Balaban J connectivity index is 0.00000298. The number of rotatable bonds is 7. The van der Waals surface area contributed by atoms with Crippen LogP contribution in [0.5, 0.6) is 0 Å². The summed E-state index contributed by atoms with van der Waals surface area (Å²) in [6.45, 7) is 20.9. The molecule has 0 spiro atoms. The van der Waals surface area contributed by atoms with E-state index in [1.54, 1.807) is 0 Å². The molecule has 1 aromatic carbocycles. The van der Waals surface area contributed by atoms with E-state index in [0.29, 0.717) is 17.3 Å². The highest BCUT2D eigenvalue weighted by Crippen LogP contribution is 2.31. The van der Waals surface area contributed by atoms with Crippen LogP contribution in [0.1, 0.15) is 83.6 Å². The van der Waals surface area contributed by atoms with Gasteiger partial charge in [0.25, 0.3) is 0 Å². The molecule has 35 heavy (non-hydrogen) atoms. The number of allylic oxidation sites excluding steroid dienone is 4. The molecule has 0 aromatic heterocycles. The topological polar surface area (TPSA) is 74.6 Å². The molecule has 0 amide bonds. The second kappa shape index (κ2) is 14.2. The summed E-state index contributed by atoms with van der Waals surface area (Å²) in [7, 11) is 0. The summed E-state index contributed by atoms with van der Waals surface area (Å²) in [5.41, 5.74) is 12.7. The van der Waals surface area contributed by atoms with Crippen molar-refractivity contribution in [3.05, 3.63) is 70.3 Å². The number of aliphatic imine (C=N–C) groups is 1. The van der Waals surface area contributed by atoms with Crippen molar-refractivity contribution in [1.29, 1.82) is 5.41 Å². The molecular formula is C30H46N4S. The maximum Gasteiger partial charge on any atom is 0.140 e. The van der Waals surface area contributed by atoms with Crippen LogP contribution < -0.4 is 5.73 Å². The fraction of sp³-hybridized carbons (Fsp3) is 0.500. The number of benzene rings is 1. The maximum atomic E-state index is 9.21. The highest BCUT2D eigenvalue weighted by atomic mass is 32.2. The summed E-state index contributed by atoms with van der Waals surface area (Å²) < 4.78 is 4.63. The van der Waals surface area contributed by atoms with Gasteiger partial charge in [0.2, 0.25) is 0 Å². The van der Waals surface area contributed by atoms with Gasteiger partial charge in [0.1, 0.15) is 5.84 Å². The Kier molecular flexibility index (Phi) is 12.5. The smallest absolute Gasteiger partial charge is 0.140 e. The quantitative estimate of drug-likeness (QED) is 0.174. The molecule has 4 nitrogen and oxygen atoms in total. The minimum Gasteiger partial charge on any atom is -0.383 e. The molecule has 0 saturated heterocycles. The van der Waals surface area contributed by atoms with Crippen LogP contribution >= 0.6 is 11.9 Å². The molecule has 5 heteroatoms. The number of aryl methyl sites for hydroxylation is 3. The molecule has 2 rings (SSSR count). The van der Waals surface area contributed by atoms with E-state index in [1.165, 1.54) is 17.5 Å². The second-order valence-electron chi connectivity index (χ2n) is 9.90. The van der Waals surface area contributed by atoms with Crippen molar-refractivity contribution in [2.75, 3.05) is 0 Å². The first-order chi connectivity index (χ1) is 16.5. The first kappa shape index (κ1) is 30.6. The van der Waals surface area contributed by atoms with Gasteiger partial charge < -0.3 is 5.73 Å². The molecule has 0 bridgehead atoms. The number of nitrogens with zero attached hydrogens (tertiary/aromatic N) is 2. The average molecular weight is 495 g/mol. The van der Waals surface area contributed by atoms with Crippen molar-refractivity contribution in [2.45, 2.75) is 93.4 Å². The molecule has 2 atom stereocenters. The largest absolute Gasteiger partial charge is 0.383 e. The van der Waals surface area contributed by atoms with E-state index in [9.17, 15) is 5.41 Å². The van der Waals surface area contributed by atoms with E-state index < -0.39 is 0 Å². The number of nitrogens with two attached hydrogens (primary N) is 1. The lowest BCUT2D eigenvalue weighted by Gasteiger charge is -2.27. The zero-order chi connectivity index (χ0) is 26.8. The molecule has 0 aliphatic carbocycles. The van der Waals surface area contributed by atoms with Gasteiger partial charge >= 0.3 is 0 Å². The highest BCUT2D eigenvalue weighted by molar-refractivity contribution is 7.98. The minimum absolute atomic E-state index is 0.00105. The van der Waals surface area contributed by atoms with Gasteiger partial charge in [-0.25, -0.2) is 0 Å². The normalized spacial score (nSPS) is 18.0. The van der Waals surface area contributed by atoms with Crippen LogP contribution in [-0.2, 0) is 0 Å². The summed E-state index contributed by atoms with van der Waals surface area (Å²) in [5, 5.41) is 9.40. The molecule has 1 aliphatic rings. The highest BCUT2D eigenvalue weighted by Gasteiger charge is 2.30. The van der Waals surface area contributed by atoms with E-state index in [0.717, 1.165) is 35.1 Å². The van der Waals surface area contributed by atoms with Crippen LogP contribution in [0, 0.1) is 31.6 Å². The van der Waals surface area contributed by atoms with Gasteiger partial charge in [0.15, 0.2) is 0 Å². The van der Waals surface area contributed by atoms with Gasteiger partial charge in [0.05, 0.1) is 17.5 Å². The number of nitrogens with one attached hydrogen (secondary N) is 1. The molecule has 3 N–H and O–H groups in total. The van der Waals surface area contributed by atoms with Crippen molar-refractivity contribution in [2.24, 2.45) is 20.5 Å². The maximum absolute atomic E-state index is 9.21. The second-order valence-corrected chi connectivity index (χ2v) is 11.0. The Morgan fingerprint density at radius 1 is 1.17 bits per heavy atom. The van der Waals surface area contributed by atoms with E-state index in [4.69, 9.17) is 10.7 Å². The third-order valence-electron chi connectivity index (χ3n) is 5.77. The molecule has 2 unspecified atom stereocenters. The first-order valence-electron chi connectivity index (χ1n) is 12.7. The predicted octanol–water partition coefficient (Wildman–Crippen LogP) is 8.11. The van der Waals surface area contributed by atoms with Gasteiger partial charge in [-0.3, -0.25) is 10.4 Å². The van der Waals surface area contributed by atoms with Gasteiger partial charge in [-0.15, -0.1) is 0 Å². The van der Waals surface area contributed by atoms with E-state index in [-0.39, 0.29) is 16.7 Å². The molecule has 1 heterocycles. The van der Waals surface area contributed by atoms with Crippen LogP contribution in [0.4, 0.5) is 0 Å². The molecule has 0 fully saturated rings. The predicted molar refractivity (Wildman–Crippen MR) is 159 cm³/mol. The SMILES string of the molecule is C/C=C\C=C/C(C)S/N=C(\N)C1=CCCC(C(C)(C)C)N=C1C(=N)c1c(C)cc(C)cc1C.CC. The summed E-state index contributed by atoms with van der Waals surface area (Å²) >= 11 is 1.44. The van der Waals surface area contributed by atoms with Crippen molar-refractivity contribution in [1.82, 2.24) is 0 Å². The summed E-state index contributed by atoms with van der Waals surface area (Å²) in [6.07, 6.45) is 12.0. The summed E-state index contributed by atoms with van der Waals surface area (Å²) in [4.78, 5) is 5.15. The zero-order valence-electron chi connectivity index (χ0n) is 23.5. The van der Waals surface area contributed by atoms with E-state index in [2.05, 4.69) is 77.1 Å². The zero-order valence-corrected chi connectivity index (χ0v) is 24.3. The van der Waals surface area contributed by atoms with Crippen LogP contribution in [0.25, 0.3) is 0 Å². The van der Waals surface area contributed by atoms with Gasteiger partial charge in [-0.1, -0.05) is 82.7 Å². The summed E-state index contributed by atoms with van der Waals surface area (Å²) in [6, 6.07) is 4.37. The fourth-order valence-electron chi connectivity index (χ4n) is 4.07. The minimum atomic E-state index is -0.00105. The summed E-state index contributed by atoms with van der Waals surface area (Å²) in [5.74, 6) is 0.437. The van der Waals surface area contributed by atoms with E-state index in [1.807, 2.05) is 39.0 Å². The van der Waals surface area contributed by atoms with Crippen molar-refractivity contribution in [3.63, 3.8) is 0 Å². The average Bonchev–Trinajstić information content (AvgIpc) is 3.01. The third kappa shape index (κ3) is 8.96. The number of hydrogen-bond donors (Lipinski definition) is 2. The van der Waals surface area contributed by atoms with Gasteiger partial charge in [0, 0.05) is 16.4 Å². The number of amidine groups is 1. The lowest BCUT2D eigenvalue weighted by atomic mass is 9.84. The van der Waals surface area contributed by atoms with Crippen molar-refractivity contribution >= 4 is 29.2 Å². The van der Waals surface area contributed by atoms with E-state index >= 15 is 0 Å². The Bertz CT molecular complexity index is 996. The Morgan fingerprint density at radius 3 is 2.31 bits per heavy atom. The van der Waals surface area contributed by atoms with Gasteiger partial charge in [-0.05, 0) is 76.0 Å². The van der Waals surface area contributed by atoms with Crippen LogP contribution in [-0.4, -0.2) is 28.6 Å². The van der Waals surface area contributed by atoms with Crippen molar-refractivity contribution < 1.29 is 0 Å². The Hall–Kier alpha value is -2.40. The van der Waals surface area contributed by atoms with Crippen LogP contribution in [0.3, 0.4) is 0 Å². The third-order valence-corrected chi connectivity index (χ3v) is 6.56. The molecule has 192 valence electrons. The molecule has 0 radical (unpaired) electrons. The molecule has 0 saturated carbocycles. The Morgan fingerprint density at radius 2 is 1.77 bits per heavy atom. The number of hydrogen-bond acceptors (Lipinski definition) is 4. The monoisotopic (exact) mass is 494 g/mol. The molecular weight excluding hydrogens is 448 g/mol. The lowest BCUT2D eigenvalue weighted by Crippen LogP contribution is -2.31. The Labute approximate surface area is 218 Å². The lowest BCUT2D eigenvalue weighted by molar-refractivity contribution is 0.310. The van der Waals surface area contributed by atoms with Crippen LogP contribution in [0.2, 0.25) is 0 Å². The first-order valence-corrected chi connectivity index (χ1v) is 13.5. The fourth-order valence-corrected chi connectivity index (χ4v) is 4.61. The standard InChI is InChI=1S/C28H40N4S.C2H6/c1-9-10-11-13-21(5)33-32-27(30)22-14-12-15-23(28(6,7)8)31-26(22)25(29)24-19(3)16-18(2)17-20(24)4;1-2/h9-11,13-14,16-17,21,23,29H,12,15H2,1-8H3,(H2,30,32);1-2H3/b10-9-,13-11-,29-25?;. The van der Waals surface area contributed by atoms with Gasteiger partial charge in [-0.2, -0.15) is 4.40 Å².